The van der Waals surface area contributed by atoms with Gasteiger partial charge in [0.2, 0.25) is 5.91 Å². The minimum atomic E-state index is 0.0754. The molecule has 1 aliphatic rings. The number of carbonyl (C=O) groups is 1. The van der Waals surface area contributed by atoms with Crippen LogP contribution in [0, 0.1) is 5.92 Å². The maximum Gasteiger partial charge on any atom is 0.217 e. The molecule has 0 aliphatic carbocycles. The van der Waals surface area contributed by atoms with E-state index in [1.165, 1.54) is 5.56 Å². The second kappa shape index (κ2) is 6.20. The summed E-state index contributed by atoms with van der Waals surface area (Å²) in [5, 5.41) is 3.07. The number of piperidine rings is 1. The molecular weight excluding hydrogens is 236 g/mol. The van der Waals surface area contributed by atoms with Gasteiger partial charge in [-0.15, -0.1) is 0 Å². The third-order valence-electron chi connectivity index (χ3n) is 4.15. The van der Waals surface area contributed by atoms with Gasteiger partial charge in [0.05, 0.1) is 0 Å². The van der Waals surface area contributed by atoms with Crippen molar-refractivity contribution in [2.75, 3.05) is 6.54 Å². The Morgan fingerprint density at radius 2 is 2.00 bits per heavy atom. The first-order chi connectivity index (χ1) is 9.06. The van der Waals surface area contributed by atoms with Gasteiger partial charge in [0, 0.05) is 32.1 Å². The lowest BCUT2D eigenvalue weighted by molar-refractivity contribution is -0.120. The van der Waals surface area contributed by atoms with Crippen molar-refractivity contribution in [1.82, 2.24) is 10.2 Å². The lowest BCUT2D eigenvalue weighted by Crippen LogP contribution is -2.53. The number of rotatable bonds is 3. The molecule has 1 aromatic carbocycles. The van der Waals surface area contributed by atoms with E-state index in [9.17, 15) is 4.79 Å². The highest BCUT2D eigenvalue weighted by molar-refractivity contribution is 5.73. The van der Waals surface area contributed by atoms with E-state index in [2.05, 4.69) is 48.3 Å². The van der Waals surface area contributed by atoms with Crippen LogP contribution in [0.1, 0.15) is 32.8 Å². The Labute approximate surface area is 116 Å². The Bertz CT molecular complexity index is 418. The van der Waals surface area contributed by atoms with Crippen molar-refractivity contribution in [3.63, 3.8) is 0 Å². The van der Waals surface area contributed by atoms with E-state index in [-0.39, 0.29) is 11.9 Å². The standard InChI is InChI=1S/C16H24N2O/c1-12-9-16(17-14(3)19)11-18(13(12)2)10-15-7-5-4-6-8-15/h4-8,12-13,16H,9-11H2,1-3H3,(H,17,19). The highest BCUT2D eigenvalue weighted by Gasteiger charge is 2.30. The minimum Gasteiger partial charge on any atom is -0.352 e. The smallest absolute Gasteiger partial charge is 0.217 e. The van der Waals surface area contributed by atoms with Gasteiger partial charge >= 0.3 is 0 Å². The Morgan fingerprint density at radius 3 is 2.63 bits per heavy atom. The summed E-state index contributed by atoms with van der Waals surface area (Å²) in [6, 6.07) is 11.4. The number of nitrogens with zero attached hydrogens (tertiary/aromatic N) is 1. The van der Waals surface area contributed by atoms with E-state index in [4.69, 9.17) is 0 Å². The van der Waals surface area contributed by atoms with Crippen LogP contribution in [-0.4, -0.2) is 29.4 Å². The molecule has 3 nitrogen and oxygen atoms in total. The predicted octanol–water partition coefficient (Wildman–Crippen LogP) is 2.42. The summed E-state index contributed by atoms with van der Waals surface area (Å²) in [6.07, 6.45) is 1.08. The molecule has 1 saturated heterocycles. The van der Waals surface area contributed by atoms with Gasteiger partial charge in [0.1, 0.15) is 0 Å². The third kappa shape index (κ3) is 3.80. The van der Waals surface area contributed by atoms with Crippen LogP contribution in [0.4, 0.5) is 0 Å². The molecule has 0 saturated carbocycles. The summed E-state index contributed by atoms with van der Waals surface area (Å²) in [5.41, 5.74) is 1.34. The first-order valence-electron chi connectivity index (χ1n) is 7.11. The fourth-order valence-corrected chi connectivity index (χ4v) is 2.95. The zero-order chi connectivity index (χ0) is 13.8. The fourth-order valence-electron chi connectivity index (χ4n) is 2.95. The van der Waals surface area contributed by atoms with Crippen LogP contribution in [0.2, 0.25) is 0 Å². The monoisotopic (exact) mass is 260 g/mol. The van der Waals surface area contributed by atoms with Crippen molar-refractivity contribution in [3.05, 3.63) is 35.9 Å². The van der Waals surface area contributed by atoms with Gasteiger partial charge in [-0.05, 0) is 24.8 Å². The summed E-state index contributed by atoms with van der Waals surface area (Å²) in [6.45, 7) is 8.07. The number of benzene rings is 1. The first kappa shape index (κ1) is 14.1. The summed E-state index contributed by atoms with van der Waals surface area (Å²) in [7, 11) is 0. The van der Waals surface area contributed by atoms with E-state index in [0.717, 1.165) is 19.5 Å². The number of likely N-dealkylation sites (tertiary alicyclic amines) is 1. The molecule has 3 heteroatoms. The summed E-state index contributed by atoms with van der Waals surface area (Å²) in [4.78, 5) is 13.7. The van der Waals surface area contributed by atoms with Crippen LogP contribution in [0.5, 0.6) is 0 Å². The third-order valence-corrected chi connectivity index (χ3v) is 4.15. The lowest BCUT2D eigenvalue weighted by Gasteiger charge is -2.42. The molecule has 1 amide bonds. The topological polar surface area (TPSA) is 32.3 Å². The molecule has 1 fully saturated rings. The Morgan fingerprint density at radius 1 is 1.32 bits per heavy atom. The Hall–Kier alpha value is -1.35. The summed E-state index contributed by atoms with van der Waals surface area (Å²) in [5.74, 6) is 0.681. The molecule has 3 unspecified atom stereocenters. The number of carbonyl (C=O) groups excluding carboxylic acids is 1. The molecule has 1 aromatic rings. The van der Waals surface area contributed by atoms with Gasteiger partial charge < -0.3 is 5.32 Å². The SMILES string of the molecule is CC(=O)NC1CC(C)C(C)N(Cc2ccccc2)C1. The van der Waals surface area contributed by atoms with Crippen molar-refractivity contribution < 1.29 is 4.79 Å². The number of nitrogens with one attached hydrogen (secondary N) is 1. The van der Waals surface area contributed by atoms with Crippen molar-refractivity contribution in [1.29, 1.82) is 0 Å². The maximum atomic E-state index is 11.2. The van der Waals surface area contributed by atoms with E-state index in [0.29, 0.717) is 12.0 Å². The molecule has 19 heavy (non-hydrogen) atoms. The zero-order valence-corrected chi connectivity index (χ0v) is 12.1. The molecule has 0 radical (unpaired) electrons. The van der Waals surface area contributed by atoms with Crippen molar-refractivity contribution in [2.45, 2.75) is 45.8 Å². The van der Waals surface area contributed by atoms with Gasteiger partial charge in [0.25, 0.3) is 0 Å². The average Bonchev–Trinajstić information content (AvgIpc) is 2.36. The van der Waals surface area contributed by atoms with Crippen LogP contribution in [0.15, 0.2) is 30.3 Å². The summed E-state index contributed by atoms with van der Waals surface area (Å²) < 4.78 is 0. The number of amides is 1. The fraction of sp³-hybridized carbons (Fsp3) is 0.562. The molecule has 0 aromatic heterocycles. The van der Waals surface area contributed by atoms with Crippen LogP contribution in [0.25, 0.3) is 0 Å². The Balaban J connectivity index is 2.02. The van der Waals surface area contributed by atoms with Crippen LogP contribution < -0.4 is 5.32 Å². The van der Waals surface area contributed by atoms with Gasteiger partial charge in [0.15, 0.2) is 0 Å². The molecule has 0 bridgehead atoms. The molecule has 2 rings (SSSR count). The van der Waals surface area contributed by atoms with E-state index in [1.807, 2.05) is 6.07 Å². The number of hydrogen-bond donors (Lipinski definition) is 1. The maximum absolute atomic E-state index is 11.2. The molecule has 0 spiro atoms. The van der Waals surface area contributed by atoms with Crippen LogP contribution in [0.3, 0.4) is 0 Å². The average molecular weight is 260 g/mol. The molecule has 1 N–H and O–H groups in total. The highest BCUT2D eigenvalue weighted by atomic mass is 16.1. The van der Waals surface area contributed by atoms with Gasteiger partial charge in [-0.2, -0.15) is 0 Å². The van der Waals surface area contributed by atoms with Crippen LogP contribution in [-0.2, 0) is 11.3 Å². The molecule has 104 valence electrons. The van der Waals surface area contributed by atoms with Crippen molar-refractivity contribution >= 4 is 5.91 Å². The quantitative estimate of drug-likeness (QED) is 0.905. The first-order valence-corrected chi connectivity index (χ1v) is 7.11. The van der Waals surface area contributed by atoms with E-state index >= 15 is 0 Å². The molecule has 1 aliphatic heterocycles. The van der Waals surface area contributed by atoms with Crippen molar-refractivity contribution in [3.8, 4) is 0 Å². The zero-order valence-electron chi connectivity index (χ0n) is 12.1. The Kier molecular flexibility index (Phi) is 4.59. The van der Waals surface area contributed by atoms with Gasteiger partial charge in [-0.25, -0.2) is 0 Å². The van der Waals surface area contributed by atoms with Crippen LogP contribution >= 0.6 is 0 Å². The van der Waals surface area contributed by atoms with E-state index in [1.54, 1.807) is 6.92 Å². The highest BCUT2D eigenvalue weighted by Crippen LogP contribution is 2.24. The number of hydrogen-bond acceptors (Lipinski definition) is 2. The van der Waals surface area contributed by atoms with Crippen molar-refractivity contribution in [2.24, 2.45) is 5.92 Å². The molecule has 1 heterocycles. The second-order valence-corrected chi connectivity index (χ2v) is 5.77. The molecular formula is C16H24N2O. The normalized spacial score (nSPS) is 28.1. The van der Waals surface area contributed by atoms with E-state index < -0.39 is 0 Å². The lowest BCUT2D eigenvalue weighted by atomic mass is 9.88. The predicted molar refractivity (Wildman–Crippen MR) is 77.7 cm³/mol. The minimum absolute atomic E-state index is 0.0754. The second-order valence-electron chi connectivity index (χ2n) is 5.77. The summed E-state index contributed by atoms with van der Waals surface area (Å²) >= 11 is 0. The van der Waals surface area contributed by atoms with Gasteiger partial charge in [-0.1, -0.05) is 37.3 Å². The van der Waals surface area contributed by atoms with Gasteiger partial charge in [-0.3, -0.25) is 9.69 Å². The largest absolute Gasteiger partial charge is 0.352 e. The molecule has 3 atom stereocenters.